The highest BCUT2D eigenvalue weighted by Crippen LogP contribution is 2.48. The van der Waals surface area contributed by atoms with Crippen molar-refractivity contribution >= 4 is 35.4 Å². The van der Waals surface area contributed by atoms with Crippen LogP contribution in [-0.2, 0) is 19.2 Å². The Morgan fingerprint density at radius 3 is 0.969 bits per heavy atom. The summed E-state index contributed by atoms with van der Waals surface area (Å²) in [5, 5.41) is 26.8. The number of carbonyl (C=O) groups is 4. The van der Waals surface area contributed by atoms with Crippen LogP contribution in [0.4, 0.5) is 11.6 Å². The van der Waals surface area contributed by atoms with Crippen LogP contribution in [-0.4, -0.2) is 44.9 Å². The summed E-state index contributed by atoms with van der Waals surface area (Å²) in [7, 11) is 0. The Hall–Kier alpha value is -3.25. The lowest BCUT2D eigenvalue weighted by atomic mass is 10.0. The number of anilines is 2. The van der Waals surface area contributed by atoms with Gasteiger partial charge in [0.05, 0.1) is 0 Å². The van der Waals surface area contributed by atoms with Gasteiger partial charge in [0, 0.05) is 31.1 Å². The Kier molecular flexibility index (Phi) is 33.9. The number of carbonyl (C=O) groups excluding carboxylic acids is 4. The molecule has 0 aromatic carbocycles. The number of aromatic nitrogens is 1. The van der Waals surface area contributed by atoms with Crippen LogP contribution in [0.2, 0.25) is 0 Å². The average Bonchev–Trinajstić information content (AvgIpc) is 3.25. The maximum atomic E-state index is 13.4. The molecule has 0 aliphatic carbocycles. The Morgan fingerprint density at radius 2 is 0.719 bits per heavy atom. The molecule has 2 amide bonds. The van der Waals surface area contributed by atoms with Gasteiger partial charge in [0.25, 0.3) is 0 Å². The summed E-state index contributed by atoms with van der Waals surface area (Å²) in [4.78, 5) is 57.4. The molecule has 1 heterocycles. The first kappa shape index (κ1) is 58.8. The number of pyridine rings is 1. The molecule has 1 aromatic rings. The number of ether oxygens (including phenoxy) is 3. The molecule has 0 aliphatic heterocycles. The number of hydrogen-bond acceptors (Lipinski definition) is 10. The van der Waals surface area contributed by atoms with Crippen molar-refractivity contribution in [3.63, 3.8) is 0 Å². The Labute approximate surface area is 388 Å². The van der Waals surface area contributed by atoms with Crippen molar-refractivity contribution in [1.29, 1.82) is 0 Å². The highest BCUT2D eigenvalue weighted by Gasteiger charge is 2.35. The topological polar surface area (TPSA) is 173 Å². The molecule has 1 rings (SSSR count). The molecule has 0 saturated carbocycles. The van der Waals surface area contributed by atoms with Crippen LogP contribution < -0.4 is 24.8 Å². The molecule has 12 nitrogen and oxygen atoms in total. The third-order valence-electron chi connectivity index (χ3n) is 11.7. The zero-order valence-corrected chi connectivity index (χ0v) is 41.7. The largest absolute Gasteiger partial charge is 0.431 e. The Balaban J connectivity index is 3.01. The highest BCUT2D eigenvalue weighted by atomic mass is 16.8. The van der Waals surface area contributed by atoms with E-state index in [1.165, 1.54) is 135 Å². The molecule has 370 valence electrons. The predicted octanol–water partition coefficient (Wildman–Crippen LogP) is 14.0. The van der Waals surface area contributed by atoms with E-state index < -0.39 is 58.8 Å². The molecule has 0 unspecified atom stereocenters. The van der Waals surface area contributed by atoms with Crippen molar-refractivity contribution < 1.29 is 43.6 Å². The average molecular weight is 904 g/mol. The minimum atomic E-state index is -2.81. The second-order valence-electron chi connectivity index (χ2n) is 18.6. The fraction of sp³-hybridized carbons (Fsp3) is 0.827. The Bertz CT molecular complexity index is 1320. The molecular weight excluding hydrogens is 811 g/mol. The number of esters is 2. The molecule has 0 fully saturated rings. The first-order valence-corrected chi connectivity index (χ1v) is 26.0. The van der Waals surface area contributed by atoms with Crippen molar-refractivity contribution in [2.45, 2.75) is 266 Å². The number of nitrogens with zero attached hydrogens (tertiary/aromatic N) is 1. The van der Waals surface area contributed by atoms with Crippen LogP contribution in [0.5, 0.6) is 17.2 Å². The molecule has 0 aliphatic rings. The van der Waals surface area contributed by atoms with Crippen molar-refractivity contribution in [3.05, 3.63) is 0 Å². The first-order chi connectivity index (χ1) is 30.8. The fourth-order valence-electron chi connectivity index (χ4n) is 7.35. The lowest BCUT2D eigenvalue weighted by molar-refractivity contribution is -0.293. The van der Waals surface area contributed by atoms with Crippen molar-refractivity contribution in [3.8, 4) is 17.2 Å². The summed E-state index contributed by atoms with van der Waals surface area (Å²) in [5.41, 5.74) is 0. The second-order valence-corrected chi connectivity index (χ2v) is 18.6. The third kappa shape index (κ3) is 28.6. The smallest absolute Gasteiger partial charge is 0.321 e. The summed E-state index contributed by atoms with van der Waals surface area (Å²) in [5.74, 6) is -8.31. The number of rotatable bonds is 41. The third-order valence-corrected chi connectivity index (χ3v) is 11.7. The van der Waals surface area contributed by atoms with Gasteiger partial charge in [-0.05, 0) is 12.8 Å². The molecule has 0 bridgehead atoms. The van der Waals surface area contributed by atoms with Gasteiger partial charge in [-0.15, -0.1) is 0 Å². The molecule has 0 radical (unpaired) electrons. The van der Waals surface area contributed by atoms with Crippen LogP contribution in [0.1, 0.15) is 260 Å². The molecule has 0 atom stereocenters. The van der Waals surface area contributed by atoms with Crippen LogP contribution in [0.25, 0.3) is 0 Å². The number of hydrogen-bond donors (Lipinski definition) is 4. The van der Waals surface area contributed by atoms with E-state index in [1.807, 2.05) is 0 Å². The van der Waals surface area contributed by atoms with E-state index in [1.54, 1.807) is 27.7 Å². The van der Waals surface area contributed by atoms with Crippen molar-refractivity contribution in [2.24, 2.45) is 11.8 Å². The van der Waals surface area contributed by atoms with Gasteiger partial charge in [0.1, 0.15) is 0 Å². The fourth-order valence-corrected chi connectivity index (χ4v) is 7.35. The lowest BCUT2D eigenvalue weighted by Crippen LogP contribution is -2.35. The molecule has 64 heavy (non-hydrogen) atoms. The van der Waals surface area contributed by atoms with Gasteiger partial charge in [-0.1, -0.05) is 228 Å². The van der Waals surface area contributed by atoms with Crippen LogP contribution in [0.3, 0.4) is 0 Å². The molecule has 0 saturated heterocycles. The van der Waals surface area contributed by atoms with Crippen LogP contribution >= 0.6 is 0 Å². The summed E-state index contributed by atoms with van der Waals surface area (Å²) in [6, 6.07) is 0. The maximum Gasteiger partial charge on any atom is 0.321 e. The van der Waals surface area contributed by atoms with E-state index in [2.05, 4.69) is 29.5 Å². The van der Waals surface area contributed by atoms with E-state index in [9.17, 15) is 29.4 Å². The molecule has 1 aromatic heterocycles. The number of aliphatic hydroxyl groups is 2. The quantitative estimate of drug-likeness (QED) is 0.0281. The van der Waals surface area contributed by atoms with Crippen LogP contribution in [0, 0.1) is 11.8 Å². The monoisotopic (exact) mass is 904 g/mol. The van der Waals surface area contributed by atoms with Gasteiger partial charge >= 0.3 is 17.9 Å². The van der Waals surface area contributed by atoms with Crippen molar-refractivity contribution in [1.82, 2.24) is 4.98 Å². The van der Waals surface area contributed by atoms with Gasteiger partial charge in [-0.2, -0.15) is 0 Å². The molecule has 0 spiro atoms. The highest BCUT2D eigenvalue weighted by molar-refractivity contribution is 5.98. The van der Waals surface area contributed by atoms with E-state index in [-0.39, 0.29) is 30.9 Å². The number of nitrogens with one attached hydrogen (secondary N) is 2. The number of unbranched alkanes of at least 4 members (excludes halogenated alkanes) is 28. The van der Waals surface area contributed by atoms with E-state index >= 15 is 0 Å². The van der Waals surface area contributed by atoms with E-state index in [0.29, 0.717) is 12.8 Å². The van der Waals surface area contributed by atoms with Crippen molar-refractivity contribution in [2.75, 3.05) is 10.6 Å². The second kappa shape index (κ2) is 36.9. The van der Waals surface area contributed by atoms with E-state index in [4.69, 9.17) is 14.2 Å². The first-order valence-electron chi connectivity index (χ1n) is 26.0. The molecule has 12 heteroatoms. The van der Waals surface area contributed by atoms with Gasteiger partial charge in [-0.3, -0.25) is 19.2 Å². The van der Waals surface area contributed by atoms with Gasteiger partial charge in [0.15, 0.2) is 11.6 Å². The normalized spacial score (nSPS) is 11.6. The summed E-state index contributed by atoms with van der Waals surface area (Å²) >= 11 is 0. The Morgan fingerprint density at radius 1 is 0.453 bits per heavy atom. The molecule has 4 N–H and O–H groups in total. The van der Waals surface area contributed by atoms with Crippen LogP contribution in [0.15, 0.2) is 0 Å². The summed E-state index contributed by atoms with van der Waals surface area (Å²) in [6.07, 6.45) is 35.1. The minimum Gasteiger partial charge on any atom is -0.431 e. The van der Waals surface area contributed by atoms with Gasteiger partial charge < -0.3 is 35.1 Å². The SMILES string of the molecule is CCCCCCCCCCCCCCCCCC(=O)Oc1c(NC(=O)C(C)C)nc(NC(=O)C(C)C)c(OC(=O)CCCCCCCCCCCCCCCCC)c1OC(O)(O)CC. The van der Waals surface area contributed by atoms with E-state index in [0.717, 1.165) is 51.4 Å². The zero-order valence-electron chi connectivity index (χ0n) is 41.7. The number of amides is 2. The van der Waals surface area contributed by atoms with Gasteiger partial charge in [0.2, 0.25) is 29.1 Å². The maximum absolute atomic E-state index is 13.4. The minimum absolute atomic E-state index is 0.0343. The van der Waals surface area contributed by atoms with Gasteiger partial charge in [-0.25, -0.2) is 4.98 Å². The summed E-state index contributed by atoms with van der Waals surface area (Å²) in [6.45, 7) is 12.6. The standard InChI is InChI=1S/C52H93N3O9/c1-8-11-13-15-17-19-21-23-25-27-29-31-33-35-37-39-43(56)62-46-45(64-52(60,61)10-3)47(49(55-51(59)42(6)7)53-48(46)54-50(58)41(4)5)63-44(57)40-38-36-34-32-30-28-26-24-22-20-18-16-14-12-9-2/h41-42,60-61H,8-40H2,1-7H3,(H2,53,54,55,58,59). The summed E-state index contributed by atoms with van der Waals surface area (Å²) < 4.78 is 17.3. The molecular formula is C52H93N3O9. The predicted molar refractivity (Wildman–Crippen MR) is 260 cm³/mol. The zero-order chi connectivity index (χ0) is 47.4. The lowest BCUT2D eigenvalue weighted by Gasteiger charge is -2.26.